The number of Topliss-reactive ketones (excluding diaryl/α,β-unsaturated/α-hetero) is 1. The second kappa shape index (κ2) is 7.96. The van der Waals surface area contributed by atoms with Crippen molar-refractivity contribution in [1.29, 1.82) is 0 Å². The molecule has 3 atom stereocenters. The molecule has 1 rings (SSSR count). The van der Waals surface area contributed by atoms with E-state index in [2.05, 4.69) is 5.32 Å². The largest absolute Gasteiger partial charge is 0.480 e. The highest BCUT2D eigenvalue weighted by Crippen LogP contribution is 2.34. The Morgan fingerprint density at radius 1 is 1.33 bits per heavy atom. The monoisotopic (exact) mass is 295 g/mol. The summed E-state index contributed by atoms with van der Waals surface area (Å²) >= 11 is 0. The molecule has 0 aliphatic heterocycles. The van der Waals surface area contributed by atoms with Crippen molar-refractivity contribution in [2.24, 2.45) is 17.8 Å². The number of nitrogens with one attached hydrogen (secondary N) is 1. The minimum atomic E-state index is -1.02. The fourth-order valence-corrected chi connectivity index (χ4v) is 2.81. The second-order valence-corrected chi connectivity index (χ2v) is 6.10. The van der Waals surface area contributed by atoms with E-state index >= 15 is 0 Å². The van der Waals surface area contributed by atoms with E-state index in [1.54, 1.807) is 13.8 Å². The second-order valence-electron chi connectivity index (χ2n) is 6.10. The van der Waals surface area contributed by atoms with Crippen LogP contribution in [0.25, 0.3) is 0 Å². The number of hydrogen-bond acceptors (Lipinski definition) is 3. The number of carbonyl (C=O) groups excluding carboxylic acids is 2. The van der Waals surface area contributed by atoms with Crippen molar-refractivity contribution in [1.82, 2.24) is 5.32 Å². The van der Waals surface area contributed by atoms with E-state index in [0.29, 0.717) is 12.8 Å². The molecule has 0 aromatic heterocycles. The summed E-state index contributed by atoms with van der Waals surface area (Å²) in [5.74, 6) is -1.05. The highest BCUT2D eigenvalue weighted by molar-refractivity contribution is 5.86. The van der Waals surface area contributed by atoms with Gasteiger partial charge in [-0.25, -0.2) is 4.79 Å². The van der Waals surface area contributed by atoms with Crippen LogP contribution in [0.5, 0.6) is 0 Å². The van der Waals surface area contributed by atoms with Gasteiger partial charge in [-0.2, -0.15) is 0 Å². The summed E-state index contributed by atoms with van der Waals surface area (Å²) in [6.07, 6.45) is 5.93. The third-order valence-electron chi connectivity index (χ3n) is 4.02. The Bertz CT molecular complexity index is 428. The van der Waals surface area contributed by atoms with Crippen LogP contribution in [0, 0.1) is 17.8 Å². The topological polar surface area (TPSA) is 83.5 Å². The molecular weight excluding hydrogens is 270 g/mol. The lowest BCUT2D eigenvalue weighted by molar-refractivity contribution is -0.143. The zero-order chi connectivity index (χ0) is 16.0. The van der Waals surface area contributed by atoms with Gasteiger partial charge < -0.3 is 10.4 Å². The van der Waals surface area contributed by atoms with Gasteiger partial charge >= 0.3 is 5.97 Å². The minimum absolute atomic E-state index is 0.0234. The lowest BCUT2D eigenvalue weighted by Gasteiger charge is -2.21. The Morgan fingerprint density at radius 3 is 2.48 bits per heavy atom. The molecule has 21 heavy (non-hydrogen) atoms. The molecule has 0 saturated heterocycles. The van der Waals surface area contributed by atoms with Crippen molar-refractivity contribution >= 4 is 17.7 Å². The summed E-state index contributed by atoms with van der Waals surface area (Å²) < 4.78 is 0. The molecule has 1 saturated carbocycles. The van der Waals surface area contributed by atoms with Gasteiger partial charge in [-0.15, -0.1) is 0 Å². The van der Waals surface area contributed by atoms with Crippen LogP contribution in [0.4, 0.5) is 0 Å². The summed E-state index contributed by atoms with van der Waals surface area (Å²) in [5, 5.41) is 11.7. The maximum atomic E-state index is 12.0. The predicted octanol–water partition coefficient (Wildman–Crippen LogP) is 2.16. The smallest absolute Gasteiger partial charge is 0.326 e. The number of carboxylic acid groups (broad SMARTS) is 1. The Balaban J connectivity index is 2.59. The summed E-state index contributed by atoms with van der Waals surface area (Å²) in [6.45, 7) is 5.44. The summed E-state index contributed by atoms with van der Waals surface area (Å²) in [5.41, 5.74) is 0. The molecule has 0 heterocycles. The number of carboxylic acids is 1. The Morgan fingerprint density at radius 2 is 1.95 bits per heavy atom. The summed E-state index contributed by atoms with van der Waals surface area (Å²) in [4.78, 5) is 34.7. The first-order valence-electron chi connectivity index (χ1n) is 7.50. The molecule has 0 spiro atoms. The lowest BCUT2D eigenvalue weighted by atomic mass is 9.89. The molecule has 0 aromatic carbocycles. The molecule has 118 valence electrons. The molecule has 1 aliphatic rings. The van der Waals surface area contributed by atoms with Crippen LogP contribution in [0.15, 0.2) is 12.2 Å². The maximum Gasteiger partial charge on any atom is 0.326 e. The van der Waals surface area contributed by atoms with Gasteiger partial charge in [0.1, 0.15) is 11.8 Å². The Labute approximate surface area is 125 Å². The van der Waals surface area contributed by atoms with Gasteiger partial charge in [0.15, 0.2) is 0 Å². The number of allylic oxidation sites excluding steroid dienone is 2. The van der Waals surface area contributed by atoms with Gasteiger partial charge in [0.2, 0.25) is 5.91 Å². The third kappa shape index (κ3) is 5.33. The van der Waals surface area contributed by atoms with Crippen LogP contribution >= 0.6 is 0 Å². The lowest BCUT2D eigenvalue weighted by Crippen LogP contribution is -2.44. The van der Waals surface area contributed by atoms with E-state index in [-0.39, 0.29) is 35.9 Å². The van der Waals surface area contributed by atoms with Crippen LogP contribution < -0.4 is 5.32 Å². The average molecular weight is 295 g/mol. The van der Waals surface area contributed by atoms with Crippen LogP contribution in [0.1, 0.15) is 46.5 Å². The van der Waals surface area contributed by atoms with Gasteiger partial charge in [0.05, 0.1) is 0 Å². The fraction of sp³-hybridized carbons (Fsp3) is 0.688. The Kier molecular flexibility index (Phi) is 6.59. The standard InChI is InChI=1S/C16H25NO4/c1-4-5-6-11-7-13(18)8-12(11)9-14(19)17-15(10(2)3)16(20)21/h4-5,10-12,15H,6-9H2,1-3H3,(H,17,19)(H,20,21)/t11?,12?,15-/m0/s1. The number of aliphatic carboxylic acids is 1. The molecule has 5 heteroatoms. The van der Waals surface area contributed by atoms with Gasteiger partial charge in [0, 0.05) is 19.3 Å². The number of carbonyl (C=O) groups is 3. The van der Waals surface area contributed by atoms with E-state index in [1.165, 1.54) is 0 Å². The first-order valence-corrected chi connectivity index (χ1v) is 7.50. The third-order valence-corrected chi connectivity index (χ3v) is 4.02. The number of rotatable bonds is 7. The van der Waals surface area contributed by atoms with Crippen molar-refractivity contribution in [3.05, 3.63) is 12.2 Å². The molecular formula is C16H25NO4. The normalized spacial score (nSPS) is 23.7. The van der Waals surface area contributed by atoms with Crippen molar-refractivity contribution < 1.29 is 19.5 Å². The molecule has 1 fully saturated rings. The molecule has 2 unspecified atom stereocenters. The van der Waals surface area contributed by atoms with E-state index in [0.717, 1.165) is 6.42 Å². The SMILES string of the molecule is CC=CCC1CC(=O)CC1CC(=O)N[C@H](C(=O)O)C(C)C. The van der Waals surface area contributed by atoms with Crippen LogP contribution in [-0.4, -0.2) is 28.8 Å². The molecule has 1 amide bonds. The highest BCUT2D eigenvalue weighted by atomic mass is 16.4. The van der Waals surface area contributed by atoms with Crippen molar-refractivity contribution in [2.75, 3.05) is 0 Å². The van der Waals surface area contributed by atoms with Crippen LogP contribution in [-0.2, 0) is 14.4 Å². The van der Waals surface area contributed by atoms with E-state index < -0.39 is 12.0 Å². The van der Waals surface area contributed by atoms with Crippen molar-refractivity contribution in [3.8, 4) is 0 Å². The summed E-state index contributed by atoms with van der Waals surface area (Å²) in [6, 6.07) is -0.872. The van der Waals surface area contributed by atoms with Gasteiger partial charge in [-0.05, 0) is 31.1 Å². The zero-order valence-electron chi connectivity index (χ0n) is 13.0. The van der Waals surface area contributed by atoms with Crippen LogP contribution in [0.2, 0.25) is 0 Å². The van der Waals surface area contributed by atoms with Gasteiger partial charge in [0.25, 0.3) is 0 Å². The van der Waals surface area contributed by atoms with E-state index in [4.69, 9.17) is 5.11 Å². The average Bonchev–Trinajstić information content (AvgIpc) is 2.72. The zero-order valence-corrected chi connectivity index (χ0v) is 13.0. The molecule has 1 aliphatic carbocycles. The first kappa shape index (κ1) is 17.4. The fourth-order valence-electron chi connectivity index (χ4n) is 2.81. The minimum Gasteiger partial charge on any atom is -0.480 e. The molecule has 0 bridgehead atoms. The Hall–Kier alpha value is -1.65. The quantitative estimate of drug-likeness (QED) is 0.705. The van der Waals surface area contributed by atoms with Crippen molar-refractivity contribution in [2.45, 2.75) is 52.5 Å². The first-order chi connectivity index (χ1) is 9.85. The highest BCUT2D eigenvalue weighted by Gasteiger charge is 2.34. The van der Waals surface area contributed by atoms with Gasteiger partial charge in [-0.3, -0.25) is 9.59 Å². The molecule has 0 radical (unpaired) electrons. The maximum absolute atomic E-state index is 12.0. The summed E-state index contributed by atoms with van der Waals surface area (Å²) in [7, 11) is 0. The molecule has 5 nitrogen and oxygen atoms in total. The molecule has 2 N–H and O–H groups in total. The number of ketones is 1. The van der Waals surface area contributed by atoms with Gasteiger partial charge in [-0.1, -0.05) is 26.0 Å². The van der Waals surface area contributed by atoms with Crippen molar-refractivity contribution in [3.63, 3.8) is 0 Å². The number of hydrogen-bond donors (Lipinski definition) is 2. The van der Waals surface area contributed by atoms with E-state index in [9.17, 15) is 14.4 Å². The predicted molar refractivity (Wildman–Crippen MR) is 79.7 cm³/mol. The molecule has 0 aromatic rings. The number of amides is 1. The van der Waals surface area contributed by atoms with Crippen LogP contribution in [0.3, 0.4) is 0 Å². The van der Waals surface area contributed by atoms with E-state index in [1.807, 2.05) is 19.1 Å².